The van der Waals surface area contributed by atoms with Crippen LogP contribution in [0.5, 0.6) is 0 Å². The third kappa shape index (κ3) is 5.22. The molecular formula is C11H24N2O. The van der Waals surface area contributed by atoms with E-state index in [1.54, 1.807) is 0 Å². The molecule has 3 nitrogen and oxygen atoms in total. The minimum absolute atomic E-state index is 0.218. The van der Waals surface area contributed by atoms with Gasteiger partial charge in [0.2, 0.25) is 5.91 Å². The highest BCUT2D eigenvalue weighted by Gasteiger charge is 2.14. The van der Waals surface area contributed by atoms with Crippen molar-refractivity contribution in [1.82, 2.24) is 10.2 Å². The molecule has 1 amide bonds. The van der Waals surface area contributed by atoms with Crippen molar-refractivity contribution in [3.05, 3.63) is 0 Å². The lowest BCUT2D eigenvalue weighted by molar-refractivity contribution is -0.131. The molecule has 0 rings (SSSR count). The summed E-state index contributed by atoms with van der Waals surface area (Å²) < 4.78 is 0. The van der Waals surface area contributed by atoms with Crippen LogP contribution in [-0.4, -0.2) is 36.5 Å². The molecule has 0 radical (unpaired) electrons. The maximum absolute atomic E-state index is 11.7. The second-order valence-electron chi connectivity index (χ2n) is 3.86. The van der Waals surface area contributed by atoms with E-state index in [2.05, 4.69) is 33.0 Å². The zero-order chi connectivity index (χ0) is 11.0. The molecule has 0 bridgehead atoms. The van der Waals surface area contributed by atoms with Gasteiger partial charge in [-0.1, -0.05) is 13.8 Å². The molecule has 0 aromatic rings. The molecule has 84 valence electrons. The number of rotatable bonds is 7. The van der Waals surface area contributed by atoms with Crippen molar-refractivity contribution in [2.45, 2.75) is 46.6 Å². The molecule has 0 aliphatic heterocycles. The number of nitrogens with zero attached hydrogens (tertiary/aromatic N) is 1. The van der Waals surface area contributed by atoms with Gasteiger partial charge in [0, 0.05) is 12.6 Å². The van der Waals surface area contributed by atoms with E-state index < -0.39 is 0 Å². The predicted molar refractivity (Wildman–Crippen MR) is 60.3 cm³/mol. The van der Waals surface area contributed by atoms with Crippen LogP contribution in [0.4, 0.5) is 0 Å². The Balaban J connectivity index is 3.89. The van der Waals surface area contributed by atoms with E-state index in [0.717, 1.165) is 25.9 Å². The summed E-state index contributed by atoms with van der Waals surface area (Å²) in [6, 6.07) is 0.311. The largest absolute Gasteiger partial charge is 0.339 e. The first-order valence-corrected chi connectivity index (χ1v) is 5.63. The van der Waals surface area contributed by atoms with Crippen LogP contribution >= 0.6 is 0 Å². The standard InChI is InChI=1S/C11H24N2O/c1-5-7-12-9-11(14)13(8-6-2)10(3)4/h10,12H,5-9H2,1-4H3. The van der Waals surface area contributed by atoms with Crippen molar-refractivity contribution in [2.75, 3.05) is 19.6 Å². The van der Waals surface area contributed by atoms with E-state index in [-0.39, 0.29) is 5.91 Å². The molecule has 0 unspecified atom stereocenters. The van der Waals surface area contributed by atoms with Crippen LogP contribution < -0.4 is 5.32 Å². The molecule has 0 aliphatic rings. The van der Waals surface area contributed by atoms with E-state index >= 15 is 0 Å². The third-order valence-corrected chi connectivity index (χ3v) is 2.11. The molecule has 0 atom stereocenters. The number of carbonyl (C=O) groups is 1. The summed E-state index contributed by atoms with van der Waals surface area (Å²) in [7, 11) is 0. The van der Waals surface area contributed by atoms with Crippen molar-refractivity contribution in [1.29, 1.82) is 0 Å². The Morgan fingerprint density at radius 1 is 1.29 bits per heavy atom. The van der Waals surface area contributed by atoms with Crippen molar-refractivity contribution in [3.8, 4) is 0 Å². The fourth-order valence-electron chi connectivity index (χ4n) is 1.39. The summed E-state index contributed by atoms with van der Waals surface area (Å²) in [5.41, 5.74) is 0. The van der Waals surface area contributed by atoms with Gasteiger partial charge in [-0.15, -0.1) is 0 Å². The first kappa shape index (κ1) is 13.4. The smallest absolute Gasteiger partial charge is 0.236 e. The van der Waals surface area contributed by atoms with Gasteiger partial charge in [0.05, 0.1) is 6.54 Å². The lowest BCUT2D eigenvalue weighted by Crippen LogP contribution is -2.42. The van der Waals surface area contributed by atoms with Crippen LogP contribution in [0.3, 0.4) is 0 Å². The molecule has 0 spiro atoms. The maximum atomic E-state index is 11.7. The normalized spacial score (nSPS) is 10.6. The maximum Gasteiger partial charge on any atom is 0.236 e. The van der Waals surface area contributed by atoms with Gasteiger partial charge in [-0.05, 0) is 33.2 Å². The average molecular weight is 200 g/mol. The van der Waals surface area contributed by atoms with Crippen molar-refractivity contribution >= 4 is 5.91 Å². The van der Waals surface area contributed by atoms with Gasteiger partial charge in [-0.25, -0.2) is 0 Å². The first-order valence-electron chi connectivity index (χ1n) is 5.63. The van der Waals surface area contributed by atoms with Gasteiger partial charge < -0.3 is 10.2 Å². The van der Waals surface area contributed by atoms with Gasteiger partial charge in [0.15, 0.2) is 0 Å². The number of nitrogens with one attached hydrogen (secondary N) is 1. The van der Waals surface area contributed by atoms with Crippen molar-refractivity contribution < 1.29 is 4.79 Å². The highest BCUT2D eigenvalue weighted by atomic mass is 16.2. The Bertz CT molecular complexity index is 157. The van der Waals surface area contributed by atoms with Gasteiger partial charge in [0.1, 0.15) is 0 Å². The van der Waals surface area contributed by atoms with Gasteiger partial charge >= 0.3 is 0 Å². The Morgan fingerprint density at radius 2 is 1.93 bits per heavy atom. The summed E-state index contributed by atoms with van der Waals surface area (Å²) in [5, 5.41) is 3.14. The minimum atomic E-state index is 0.218. The fraction of sp³-hybridized carbons (Fsp3) is 0.909. The second-order valence-corrected chi connectivity index (χ2v) is 3.86. The van der Waals surface area contributed by atoms with Gasteiger partial charge in [0.25, 0.3) is 0 Å². The molecule has 0 saturated carbocycles. The SMILES string of the molecule is CCCNCC(=O)N(CCC)C(C)C. The van der Waals surface area contributed by atoms with E-state index in [4.69, 9.17) is 0 Å². The average Bonchev–Trinajstić information content (AvgIpc) is 2.13. The summed E-state index contributed by atoms with van der Waals surface area (Å²) in [4.78, 5) is 13.6. The molecule has 14 heavy (non-hydrogen) atoms. The van der Waals surface area contributed by atoms with E-state index in [0.29, 0.717) is 12.6 Å². The predicted octanol–water partition coefficient (Wildman–Crippen LogP) is 1.63. The summed E-state index contributed by atoms with van der Waals surface area (Å²) in [5.74, 6) is 0.218. The Labute approximate surface area is 87.9 Å². The number of amides is 1. The topological polar surface area (TPSA) is 32.3 Å². The molecule has 0 saturated heterocycles. The first-order chi connectivity index (χ1) is 6.63. The Hall–Kier alpha value is -0.570. The quantitative estimate of drug-likeness (QED) is 0.634. The zero-order valence-electron chi connectivity index (χ0n) is 9.97. The molecular weight excluding hydrogens is 176 g/mol. The van der Waals surface area contributed by atoms with Crippen LogP contribution in [0.1, 0.15) is 40.5 Å². The van der Waals surface area contributed by atoms with Crippen LogP contribution in [0.15, 0.2) is 0 Å². The molecule has 0 aromatic carbocycles. The minimum Gasteiger partial charge on any atom is -0.339 e. The highest BCUT2D eigenvalue weighted by Crippen LogP contribution is 1.99. The molecule has 0 fully saturated rings. The summed E-state index contributed by atoms with van der Waals surface area (Å²) >= 11 is 0. The van der Waals surface area contributed by atoms with Gasteiger partial charge in [-0.2, -0.15) is 0 Å². The number of hydrogen-bond donors (Lipinski definition) is 1. The van der Waals surface area contributed by atoms with Crippen molar-refractivity contribution in [2.24, 2.45) is 0 Å². The van der Waals surface area contributed by atoms with Crippen LogP contribution in [0.2, 0.25) is 0 Å². The van der Waals surface area contributed by atoms with Crippen LogP contribution in [-0.2, 0) is 4.79 Å². The molecule has 3 heteroatoms. The molecule has 0 aromatic heterocycles. The summed E-state index contributed by atoms with van der Waals surface area (Å²) in [6.07, 6.45) is 2.10. The van der Waals surface area contributed by atoms with Crippen LogP contribution in [0.25, 0.3) is 0 Å². The van der Waals surface area contributed by atoms with E-state index in [9.17, 15) is 4.79 Å². The highest BCUT2D eigenvalue weighted by molar-refractivity contribution is 5.78. The Kier molecular flexibility index (Phi) is 7.48. The number of hydrogen-bond acceptors (Lipinski definition) is 2. The van der Waals surface area contributed by atoms with Crippen molar-refractivity contribution in [3.63, 3.8) is 0 Å². The lowest BCUT2D eigenvalue weighted by atomic mass is 10.3. The van der Waals surface area contributed by atoms with Gasteiger partial charge in [-0.3, -0.25) is 4.79 Å². The number of carbonyl (C=O) groups excluding carboxylic acids is 1. The van der Waals surface area contributed by atoms with E-state index in [1.807, 2.05) is 4.90 Å². The lowest BCUT2D eigenvalue weighted by Gasteiger charge is -2.26. The fourth-order valence-corrected chi connectivity index (χ4v) is 1.39. The van der Waals surface area contributed by atoms with Crippen LogP contribution in [0, 0.1) is 0 Å². The van der Waals surface area contributed by atoms with E-state index in [1.165, 1.54) is 0 Å². The molecule has 0 heterocycles. The molecule has 0 aliphatic carbocycles. The monoisotopic (exact) mass is 200 g/mol. The second kappa shape index (κ2) is 7.80. The Morgan fingerprint density at radius 3 is 2.36 bits per heavy atom. The third-order valence-electron chi connectivity index (χ3n) is 2.11. The molecule has 1 N–H and O–H groups in total. The summed E-state index contributed by atoms with van der Waals surface area (Å²) in [6.45, 7) is 10.6. The zero-order valence-corrected chi connectivity index (χ0v) is 9.97.